The Balaban J connectivity index is 2.48. The predicted octanol–water partition coefficient (Wildman–Crippen LogP) is 2.19. The second kappa shape index (κ2) is 4.89. The molecule has 1 saturated heterocycles. The quantitative estimate of drug-likeness (QED) is 0.850. The Labute approximate surface area is 112 Å². The number of carbonyl (C=O) groups is 3. The van der Waals surface area contributed by atoms with Crippen molar-refractivity contribution in [2.24, 2.45) is 0 Å². The van der Waals surface area contributed by atoms with Gasteiger partial charge in [-0.2, -0.15) is 0 Å². The molecule has 2 amide bonds. The van der Waals surface area contributed by atoms with Crippen LogP contribution in [0.1, 0.15) is 29.6 Å². The van der Waals surface area contributed by atoms with Crippen molar-refractivity contribution < 1.29 is 19.5 Å². The molecule has 1 fully saturated rings. The normalized spacial score (nSPS) is 15.9. The van der Waals surface area contributed by atoms with E-state index in [0.717, 1.165) is 4.90 Å². The third-order valence-corrected chi connectivity index (χ3v) is 3.38. The molecule has 0 saturated carbocycles. The molecule has 94 valence electrons. The lowest BCUT2D eigenvalue weighted by atomic mass is 10.1. The summed E-state index contributed by atoms with van der Waals surface area (Å²) >= 11 is 3.23. The standard InChI is InChI=1S/C12H10BrNO4/c13-8-5-4-7(12(17)18)6-9(8)14-10(15)2-1-3-11(14)16/h4-6H,1-3H2,(H,17,18). The van der Waals surface area contributed by atoms with Gasteiger partial charge in [-0.3, -0.25) is 9.59 Å². The number of benzene rings is 1. The van der Waals surface area contributed by atoms with Gasteiger partial charge in [-0.15, -0.1) is 0 Å². The van der Waals surface area contributed by atoms with E-state index in [2.05, 4.69) is 15.9 Å². The highest BCUT2D eigenvalue weighted by Crippen LogP contribution is 2.30. The van der Waals surface area contributed by atoms with E-state index in [-0.39, 0.29) is 17.4 Å². The molecule has 0 unspecified atom stereocenters. The largest absolute Gasteiger partial charge is 0.478 e. The predicted molar refractivity (Wildman–Crippen MR) is 67.4 cm³/mol. The zero-order valence-electron chi connectivity index (χ0n) is 9.35. The van der Waals surface area contributed by atoms with Gasteiger partial charge in [-0.25, -0.2) is 9.69 Å². The van der Waals surface area contributed by atoms with Gasteiger partial charge in [0.05, 0.1) is 11.3 Å². The minimum Gasteiger partial charge on any atom is -0.478 e. The van der Waals surface area contributed by atoms with Gasteiger partial charge in [-0.1, -0.05) is 0 Å². The summed E-state index contributed by atoms with van der Waals surface area (Å²) in [6.07, 6.45) is 1.15. The molecule has 1 N–H and O–H groups in total. The number of amides is 2. The van der Waals surface area contributed by atoms with E-state index in [1.807, 2.05) is 0 Å². The van der Waals surface area contributed by atoms with Crippen LogP contribution in [-0.4, -0.2) is 22.9 Å². The van der Waals surface area contributed by atoms with Gasteiger partial charge in [0.15, 0.2) is 0 Å². The van der Waals surface area contributed by atoms with Crippen LogP contribution in [0.15, 0.2) is 22.7 Å². The van der Waals surface area contributed by atoms with E-state index in [1.54, 1.807) is 0 Å². The van der Waals surface area contributed by atoms with E-state index in [1.165, 1.54) is 18.2 Å². The lowest BCUT2D eigenvalue weighted by Gasteiger charge is -2.26. The van der Waals surface area contributed by atoms with E-state index in [0.29, 0.717) is 29.4 Å². The third-order valence-electron chi connectivity index (χ3n) is 2.71. The first-order valence-corrected chi connectivity index (χ1v) is 6.18. The molecule has 18 heavy (non-hydrogen) atoms. The summed E-state index contributed by atoms with van der Waals surface area (Å²) in [7, 11) is 0. The fraction of sp³-hybridized carbons (Fsp3) is 0.250. The summed E-state index contributed by atoms with van der Waals surface area (Å²) in [6, 6.07) is 4.26. The van der Waals surface area contributed by atoms with Crippen LogP contribution in [0.25, 0.3) is 0 Å². The number of halogens is 1. The lowest BCUT2D eigenvalue weighted by Crippen LogP contribution is -2.40. The molecule has 0 radical (unpaired) electrons. The van der Waals surface area contributed by atoms with Crippen molar-refractivity contribution in [2.75, 3.05) is 4.90 Å². The van der Waals surface area contributed by atoms with E-state index < -0.39 is 5.97 Å². The molecule has 2 rings (SSSR count). The summed E-state index contributed by atoms with van der Waals surface area (Å²) in [4.78, 5) is 35.5. The van der Waals surface area contributed by atoms with Crippen molar-refractivity contribution >= 4 is 39.4 Å². The van der Waals surface area contributed by atoms with Gasteiger partial charge in [0.1, 0.15) is 0 Å². The molecular formula is C12H10BrNO4. The summed E-state index contributed by atoms with van der Waals surface area (Å²) in [6.45, 7) is 0. The minimum absolute atomic E-state index is 0.0411. The summed E-state index contributed by atoms with van der Waals surface area (Å²) in [5, 5.41) is 8.93. The van der Waals surface area contributed by atoms with Crippen LogP contribution < -0.4 is 4.90 Å². The van der Waals surface area contributed by atoms with Crippen LogP contribution in [-0.2, 0) is 9.59 Å². The molecular weight excluding hydrogens is 302 g/mol. The molecule has 5 nitrogen and oxygen atoms in total. The number of carboxylic acid groups (broad SMARTS) is 1. The first kappa shape index (κ1) is 12.8. The summed E-state index contributed by atoms with van der Waals surface area (Å²) in [5.41, 5.74) is 0.337. The maximum absolute atomic E-state index is 11.8. The van der Waals surface area contributed by atoms with Crippen molar-refractivity contribution in [2.45, 2.75) is 19.3 Å². The Morgan fingerprint density at radius 2 is 1.83 bits per heavy atom. The molecule has 0 aromatic heterocycles. The van der Waals surface area contributed by atoms with Gasteiger partial charge in [0.25, 0.3) is 0 Å². The van der Waals surface area contributed by atoms with Crippen molar-refractivity contribution in [3.8, 4) is 0 Å². The van der Waals surface area contributed by atoms with Crippen molar-refractivity contribution in [3.63, 3.8) is 0 Å². The molecule has 1 aromatic rings. The smallest absolute Gasteiger partial charge is 0.335 e. The van der Waals surface area contributed by atoms with Crippen molar-refractivity contribution in [3.05, 3.63) is 28.2 Å². The minimum atomic E-state index is -1.10. The van der Waals surface area contributed by atoms with E-state index in [4.69, 9.17) is 5.11 Å². The molecule has 1 aromatic carbocycles. The Kier molecular flexibility index (Phi) is 3.47. The second-order valence-electron chi connectivity index (χ2n) is 3.95. The molecule has 0 bridgehead atoms. The SMILES string of the molecule is O=C(O)c1ccc(Br)c(N2C(=O)CCCC2=O)c1. The number of hydrogen-bond donors (Lipinski definition) is 1. The van der Waals surface area contributed by atoms with Gasteiger partial charge >= 0.3 is 5.97 Å². The van der Waals surface area contributed by atoms with E-state index >= 15 is 0 Å². The molecule has 1 heterocycles. The third kappa shape index (κ3) is 2.28. The number of carboxylic acids is 1. The Morgan fingerprint density at radius 1 is 1.22 bits per heavy atom. The first-order chi connectivity index (χ1) is 8.50. The molecule has 0 atom stereocenters. The maximum Gasteiger partial charge on any atom is 0.335 e. The molecule has 6 heteroatoms. The summed E-state index contributed by atoms with van der Waals surface area (Å²) in [5.74, 6) is -1.69. The lowest BCUT2D eigenvalue weighted by molar-refractivity contribution is -0.129. The number of anilines is 1. The maximum atomic E-state index is 11.8. The number of carbonyl (C=O) groups excluding carboxylic acids is 2. The summed E-state index contributed by atoms with van der Waals surface area (Å²) < 4.78 is 0.524. The number of aromatic carboxylic acids is 1. The number of rotatable bonds is 2. The fourth-order valence-electron chi connectivity index (χ4n) is 1.84. The number of imide groups is 1. The first-order valence-electron chi connectivity index (χ1n) is 5.39. The molecule has 0 spiro atoms. The number of nitrogens with zero attached hydrogens (tertiary/aromatic N) is 1. The van der Waals surface area contributed by atoms with Crippen LogP contribution in [0.5, 0.6) is 0 Å². The highest BCUT2D eigenvalue weighted by Gasteiger charge is 2.29. The molecule has 1 aliphatic rings. The van der Waals surface area contributed by atoms with Gasteiger partial charge in [0, 0.05) is 17.3 Å². The molecule has 1 aliphatic heterocycles. The van der Waals surface area contributed by atoms with Crippen molar-refractivity contribution in [1.82, 2.24) is 0 Å². The zero-order chi connectivity index (χ0) is 13.3. The highest BCUT2D eigenvalue weighted by molar-refractivity contribution is 9.10. The van der Waals surface area contributed by atoms with Crippen molar-refractivity contribution in [1.29, 1.82) is 0 Å². The van der Waals surface area contributed by atoms with Gasteiger partial charge in [0.2, 0.25) is 11.8 Å². The number of hydrogen-bond acceptors (Lipinski definition) is 3. The molecule has 0 aliphatic carbocycles. The zero-order valence-corrected chi connectivity index (χ0v) is 10.9. The van der Waals surface area contributed by atoms with Crippen LogP contribution in [0.4, 0.5) is 5.69 Å². The average molecular weight is 312 g/mol. The average Bonchev–Trinajstić information content (AvgIpc) is 2.30. The highest BCUT2D eigenvalue weighted by atomic mass is 79.9. The van der Waals surface area contributed by atoms with Gasteiger partial charge in [-0.05, 0) is 40.5 Å². The van der Waals surface area contributed by atoms with E-state index in [9.17, 15) is 14.4 Å². The van der Waals surface area contributed by atoms with Crippen LogP contribution in [0.2, 0.25) is 0 Å². The van der Waals surface area contributed by atoms with Crippen LogP contribution in [0.3, 0.4) is 0 Å². The topological polar surface area (TPSA) is 74.7 Å². The Bertz CT molecular complexity index is 525. The Hall–Kier alpha value is -1.69. The number of piperidine rings is 1. The monoisotopic (exact) mass is 311 g/mol. The second-order valence-corrected chi connectivity index (χ2v) is 4.80. The fourth-order valence-corrected chi connectivity index (χ4v) is 2.26. The van der Waals surface area contributed by atoms with Gasteiger partial charge < -0.3 is 5.11 Å². The van der Waals surface area contributed by atoms with Crippen LogP contribution >= 0.6 is 15.9 Å². The Morgan fingerprint density at radius 3 is 2.39 bits per heavy atom. The van der Waals surface area contributed by atoms with Crippen LogP contribution in [0, 0.1) is 0 Å².